The molecule has 7 heteroatoms. The van der Waals surface area contributed by atoms with Crippen molar-refractivity contribution in [3.63, 3.8) is 0 Å². The lowest BCUT2D eigenvalue weighted by molar-refractivity contribution is 0.129. The van der Waals surface area contributed by atoms with Gasteiger partial charge >= 0.3 is 5.63 Å². The SMILES string of the molecule is O=c1oc2ccccc2cc1-c1cn(-c2ccc(Cl)cc2)c(SCC2CCCO2)n1. The first-order valence-electron chi connectivity index (χ1n) is 9.80. The van der Waals surface area contributed by atoms with Crippen LogP contribution in [-0.2, 0) is 4.74 Å². The number of hydrogen-bond donors (Lipinski definition) is 0. The molecule has 2 aromatic carbocycles. The minimum Gasteiger partial charge on any atom is -0.422 e. The molecule has 152 valence electrons. The van der Waals surface area contributed by atoms with Crippen LogP contribution in [0.5, 0.6) is 0 Å². The van der Waals surface area contributed by atoms with Crippen LogP contribution in [0, 0.1) is 0 Å². The van der Waals surface area contributed by atoms with Gasteiger partial charge in [-0.3, -0.25) is 4.57 Å². The Labute approximate surface area is 182 Å². The summed E-state index contributed by atoms with van der Waals surface area (Å²) in [5.41, 5.74) is 2.12. The lowest BCUT2D eigenvalue weighted by Gasteiger charge is -2.10. The third-order valence-electron chi connectivity index (χ3n) is 5.12. The number of rotatable bonds is 5. The zero-order valence-corrected chi connectivity index (χ0v) is 17.7. The number of nitrogens with zero attached hydrogens (tertiary/aromatic N) is 2. The number of imidazole rings is 1. The van der Waals surface area contributed by atoms with E-state index >= 15 is 0 Å². The van der Waals surface area contributed by atoms with E-state index in [1.165, 1.54) is 0 Å². The van der Waals surface area contributed by atoms with Crippen LogP contribution in [0.4, 0.5) is 0 Å². The molecular formula is C23H19ClN2O3S. The van der Waals surface area contributed by atoms with Gasteiger partial charge in [-0.25, -0.2) is 9.78 Å². The number of ether oxygens (including phenoxy) is 1. The Morgan fingerprint density at radius 3 is 2.80 bits per heavy atom. The van der Waals surface area contributed by atoms with Crippen molar-refractivity contribution in [2.75, 3.05) is 12.4 Å². The van der Waals surface area contributed by atoms with Crippen LogP contribution in [0.2, 0.25) is 5.02 Å². The molecule has 4 aromatic rings. The van der Waals surface area contributed by atoms with E-state index in [-0.39, 0.29) is 6.10 Å². The van der Waals surface area contributed by atoms with Gasteiger partial charge in [-0.05, 0) is 49.2 Å². The predicted molar refractivity (Wildman–Crippen MR) is 120 cm³/mol. The van der Waals surface area contributed by atoms with E-state index in [9.17, 15) is 4.79 Å². The van der Waals surface area contributed by atoms with E-state index in [4.69, 9.17) is 25.7 Å². The lowest BCUT2D eigenvalue weighted by Crippen LogP contribution is -2.08. The van der Waals surface area contributed by atoms with Crippen molar-refractivity contribution in [1.29, 1.82) is 0 Å². The Balaban J connectivity index is 1.57. The van der Waals surface area contributed by atoms with Crippen LogP contribution in [0.25, 0.3) is 27.9 Å². The highest BCUT2D eigenvalue weighted by Crippen LogP contribution is 2.30. The first kappa shape index (κ1) is 19.4. The highest BCUT2D eigenvalue weighted by molar-refractivity contribution is 7.99. The second kappa shape index (κ2) is 8.30. The monoisotopic (exact) mass is 438 g/mol. The minimum atomic E-state index is -0.398. The lowest BCUT2D eigenvalue weighted by atomic mass is 10.1. The molecule has 1 aliphatic rings. The molecule has 0 aliphatic carbocycles. The largest absolute Gasteiger partial charge is 0.422 e. The predicted octanol–water partition coefficient (Wildman–Crippen LogP) is 5.57. The van der Waals surface area contributed by atoms with E-state index in [2.05, 4.69) is 0 Å². The van der Waals surface area contributed by atoms with Crippen LogP contribution in [-0.4, -0.2) is 28.0 Å². The summed E-state index contributed by atoms with van der Waals surface area (Å²) in [5.74, 6) is 0.816. The average Bonchev–Trinajstić information content (AvgIpc) is 3.42. The zero-order valence-electron chi connectivity index (χ0n) is 16.1. The number of aromatic nitrogens is 2. The van der Waals surface area contributed by atoms with Crippen LogP contribution in [0.15, 0.2) is 75.2 Å². The molecule has 1 saturated heterocycles. The van der Waals surface area contributed by atoms with Crippen molar-refractivity contribution in [3.8, 4) is 16.9 Å². The topological polar surface area (TPSA) is 57.3 Å². The van der Waals surface area contributed by atoms with Crippen molar-refractivity contribution in [1.82, 2.24) is 9.55 Å². The number of para-hydroxylation sites is 1. The van der Waals surface area contributed by atoms with Crippen molar-refractivity contribution < 1.29 is 9.15 Å². The molecule has 30 heavy (non-hydrogen) atoms. The van der Waals surface area contributed by atoms with Gasteiger partial charge in [-0.15, -0.1) is 0 Å². The molecule has 5 nitrogen and oxygen atoms in total. The van der Waals surface area contributed by atoms with Gasteiger partial charge in [0.15, 0.2) is 5.16 Å². The van der Waals surface area contributed by atoms with Gasteiger partial charge in [-0.2, -0.15) is 0 Å². The second-order valence-corrected chi connectivity index (χ2v) is 8.61. The summed E-state index contributed by atoms with van der Waals surface area (Å²) in [4.78, 5) is 17.4. The third-order valence-corrected chi connectivity index (χ3v) is 6.45. The summed E-state index contributed by atoms with van der Waals surface area (Å²) in [6, 6.07) is 16.9. The Hall–Kier alpha value is -2.54. The average molecular weight is 439 g/mol. The minimum absolute atomic E-state index is 0.236. The molecule has 0 N–H and O–H groups in total. The number of benzene rings is 2. The van der Waals surface area contributed by atoms with Crippen molar-refractivity contribution >= 4 is 34.3 Å². The molecule has 0 bridgehead atoms. The summed E-state index contributed by atoms with van der Waals surface area (Å²) in [7, 11) is 0. The highest BCUT2D eigenvalue weighted by Gasteiger charge is 2.20. The smallest absolute Gasteiger partial charge is 0.345 e. The summed E-state index contributed by atoms with van der Waals surface area (Å²) < 4.78 is 13.3. The second-order valence-electron chi connectivity index (χ2n) is 7.19. The molecule has 2 aromatic heterocycles. The molecule has 0 spiro atoms. The Kier molecular flexibility index (Phi) is 5.37. The molecule has 0 saturated carbocycles. The van der Waals surface area contributed by atoms with Crippen LogP contribution in [0.1, 0.15) is 12.8 Å². The normalized spacial score (nSPS) is 16.4. The van der Waals surface area contributed by atoms with E-state index in [1.807, 2.05) is 59.3 Å². The molecule has 0 radical (unpaired) electrons. The number of hydrogen-bond acceptors (Lipinski definition) is 5. The Morgan fingerprint density at radius 2 is 2.00 bits per heavy atom. The molecule has 1 atom stereocenters. The first-order valence-corrected chi connectivity index (χ1v) is 11.2. The van der Waals surface area contributed by atoms with Gasteiger partial charge in [0.25, 0.3) is 0 Å². The molecule has 1 unspecified atom stereocenters. The van der Waals surface area contributed by atoms with Gasteiger partial charge in [0.2, 0.25) is 0 Å². The third kappa shape index (κ3) is 3.90. The zero-order chi connectivity index (χ0) is 20.5. The Morgan fingerprint density at radius 1 is 1.17 bits per heavy atom. The fraction of sp³-hybridized carbons (Fsp3) is 0.217. The van der Waals surface area contributed by atoms with E-state index in [0.717, 1.165) is 41.4 Å². The maximum absolute atomic E-state index is 12.6. The van der Waals surface area contributed by atoms with Crippen LogP contribution < -0.4 is 5.63 Å². The molecule has 5 rings (SSSR count). The van der Waals surface area contributed by atoms with E-state index in [0.29, 0.717) is 21.9 Å². The summed E-state index contributed by atoms with van der Waals surface area (Å²) in [6.07, 6.45) is 4.28. The Bertz CT molecular complexity index is 1240. The van der Waals surface area contributed by atoms with Gasteiger partial charge in [0, 0.05) is 34.7 Å². The van der Waals surface area contributed by atoms with Crippen molar-refractivity contribution in [2.45, 2.75) is 24.1 Å². The van der Waals surface area contributed by atoms with Crippen molar-refractivity contribution in [2.24, 2.45) is 0 Å². The fourth-order valence-corrected chi connectivity index (χ4v) is 4.75. The van der Waals surface area contributed by atoms with Crippen LogP contribution >= 0.6 is 23.4 Å². The fourth-order valence-electron chi connectivity index (χ4n) is 3.57. The number of fused-ring (bicyclic) bond motifs is 1. The number of halogens is 1. The highest BCUT2D eigenvalue weighted by atomic mass is 35.5. The summed E-state index contributed by atoms with van der Waals surface area (Å²) >= 11 is 7.69. The molecule has 1 aliphatic heterocycles. The maximum atomic E-state index is 12.6. The number of thioether (sulfide) groups is 1. The summed E-state index contributed by atoms with van der Waals surface area (Å²) in [5, 5.41) is 2.33. The maximum Gasteiger partial charge on any atom is 0.345 e. The standard InChI is InChI=1S/C23H19ClN2O3S/c24-16-7-9-17(10-8-16)26-13-20(25-23(26)30-14-18-5-3-11-28-18)19-12-15-4-1-2-6-21(15)29-22(19)27/h1-2,4,6-10,12-13,18H,3,5,11,14H2. The van der Waals surface area contributed by atoms with E-state index < -0.39 is 5.63 Å². The van der Waals surface area contributed by atoms with Gasteiger partial charge in [0.1, 0.15) is 5.58 Å². The summed E-state index contributed by atoms with van der Waals surface area (Å²) in [6.45, 7) is 0.820. The first-order chi connectivity index (χ1) is 14.7. The molecular weight excluding hydrogens is 420 g/mol. The molecule has 3 heterocycles. The van der Waals surface area contributed by atoms with Gasteiger partial charge in [0.05, 0.1) is 17.4 Å². The molecule has 1 fully saturated rings. The quantitative estimate of drug-likeness (QED) is 0.301. The van der Waals surface area contributed by atoms with Gasteiger partial charge < -0.3 is 9.15 Å². The molecule has 0 amide bonds. The van der Waals surface area contributed by atoms with Crippen LogP contribution in [0.3, 0.4) is 0 Å². The van der Waals surface area contributed by atoms with Crippen molar-refractivity contribution in [3.05, 3.63) is 76.2 Å². The van der Waals surface area contributed by atoms with Gasteiger partial charge in [-0.1, -0.05) is 41.6 Å². The van der Waals surface area contributed by atoms with E-state index in [1.54, 1.807) is 17.8 Å².